The molecule has 0 saturated carbocycles. The summed E-state index contributed by atoms with van der Waals surface area (Å²) in [4.78, 5) is 0. The molecular weight excluding hydrogens is 556 g/mol. The molecule has 4 aromatic rings. The quantitative estimate of drug-likeness (QED) is 0.149. The summed E-state index contributed by atoms with van der Waals surface area (Å²) in [5.41, 5.74) is 3.92. The van der Waals surface area contributed by atoms with Crippen molar-refractivity contribution in [1.82, 2.24) is 0 Å². The van der Waals surface area contributed by atoms with Crippen LogP contribution in [-0.4, -0.2) is 29.3 Å². The lowest BCUT2D eigenvalue weighted by molar-refractivity contribution is 0.490. The van der Waals surface area contributed by atoms with Gasteiger partial charge in [0.15, 0.2) is 0 Å². The third-order valence-corrected chi connectivity index (χ3v) is 7.44. The van der Waals surface area contributed by atoms with Gasteiger partial charge < -0.3 is 8.37 Å². The van der Waals surface area contributed by atoms with Crippen molar-refractivity contribution in [2.24, 2.45) is 0 Å². The minimum atomic E-state index is -3.76. The van der Waals surface area contributed by atoms with Crippen LogP contribution in [0.5, 0.6) is 11.5 Å². The molecule has 0 heterocycles. The summed E-state index contributed by atoms with van der Waals surface area (Å²) < 4.78 is 58.7. The first-order valence-electron chi connectivity index (χ1n) is 12.9. The topological polar surface area (TPSA) is 86.7 Å². The molecule has 0 atom stereocenters. The van der Waals surface area contributed by atoms with Crippen LogP contribution in [0, 0.1) is 0 Å². The lowest BCUT2D eigenvalue weighted by atomic mass is 9.64. The summed E-state index contributed by atoms with van der Waals surface area (Å²) in [6.45, 7) is 3.70. The van der Waals surface area contributed by atoms with Crippen LogP contribution < -0.4 is 8.37 Å². The van der Waals surface area contributed by atoms with E-state index in [2.05, 4.69) is 0 Å². The molecule has 0 aliphatic carbocycles. The van der Waals surface area contributed by atoms with Gasteiger partial charge in [-0.15, -0.1) is 0 Å². The maximum absolute atomic E-state index is 12.0. The monoisotopic (exact) mass is 588 g/mol. The number of allylic oxidation sites excluding steroid dienone is 2. The molecule has 0 saturated heterocycles. The van der Waals surface area contributed by atoms with Crippen LogP contribution in [0.3, 0.4) is 0 Å². The fraction of sp³-hybridized carbons (Fsp3) is 0.152. The van der Waals surface area contributed by atoms with Crippen molar-refractivity contribution in [1.29, 1.82) is 0 Å². The molecule has 0 aromatic heterocycles. The average Bonchev–Trinajstić information content (AvgIpc) is 2.92. The van der Waals surface area contributed by atoms with E-state index in [4.69, 9.17) is 8.37 Å². The zero-order valence-electron chi connectivity index (χ0n) is 23.3. The normalized spacial score (nSPS) is 12.6. The first kappa shape index (κ1) is 29.8. The fourth-order valence-electron chi connectivity index (χ4n) is 5.04. The highest BCUT2D eigenvalue weighted by Crippen LogP contribution is 2.47. The van der Waals surface area contributed by atoms with Crippen LogP contribution in [0.1, 0.15) is 47.2 Å². The van der Waals surface area contributed by atoms with Crippen molar-refractivity contribution in [3.05, 3.63) is 143 Å². The van der Waals surface area contributed by atoms with Crippen molar-refractivity contribution in [2.75, 3.05) is 12.5 Å². The van der Waals surface area contributed by atoms with Gasteiger partial charge in [-0.05, 0) is 60.4 Å². The summed E-state index contributed by atoms with van der Waals surface area (Å²) in [7, 11) is -7.52. The molecule has 6 nitrogen and oxygen atoms in total. The van der Waals surface area contributed by atoms with E-state index in [0.717, 1.165) is 34.8 Å². The Labute approximate surface area is 242 Å². The average molecular weight is 589 g/mol. The van der Waals surface area contributed by atoms with Crippen LogP contribution >= 0.6 is 0 Å². The molecule has 4 rings (SSSR count). The van der Waals surface area contributed by atoms with Crippen molar-refractivity contribution in [2.45, 2.75) is 19.3 Å². The van der Waals surface area contributed by atoms with Crippen LogP contribution in [-0.2, 0) is 25.7 Å². The van der Waals surface area contributed by atoms with Crippen molar-refractivity contribution in [3.8, 4) is 11.5 Å². The maximum Gasteiger partial charge on any atom is 0.306 e. The molecule has 0 fully saturated rings. The van der Waals surface area contributed by atoms with Gasteiger partial charge in [0.05, 0.1) is 17.9 Å². The summed E-state index contributed by atoms with van der Waals surface area (Å²) in [5, 5.41) is 0. The van der Waals surface area contributed by atoms with E-state index >= 15 is 0 Å². The van der Waals surface area contributed by atoms with Crippen molar-refractivity contribution < 1.29 is 25.2 Å². The molecule has 212 valence electrons. The van der Waals surface area contributed by atoms with Crippen LogP contribution in [0.25, 0.3) is 12.2 Å². The van der Waals surface area contributed by atoms with Crippen LogP contribution in [0.4, 0.5) is 0 Å². The standard InChI is InChI=1S/C33H32O6S2/c1-5-13-25-23-29(19-21-31(25)38-40(3,34)35)33(27-15-9-7-10-16-27,28-17-11-8-12-18-28)30-20-22-32(39-41(4,36)37)26(24-30)14-6-2/h5-24H,1-4H3. The molecule has 0 bridgehead atoms. The highest BCUT2D eigenvalue weighted by atomic mass is 32.2. The molecule has 0 unspecified atom stereocenters. The molecule has 4 aromatic carbocycles. The smallest absolute Gasteiger partial charge is 0.306 e. The second-order valence-electron chi connectivity index (χ2n) is 9.56. The van der Waals surface area contributed by atoms with E-state index in [1.165, 1.54) is 0 Å². The van der Waals surface area contributed by atoms with E-state index in [9.17, 15) is 16.8 Å². The summed E-state index contributed by atoms with van der Waals surface area (Å²) >= 11 is 0. The number of hydrogen-bond donors (Lipinski definition) is 0. The molecule has 0 N–H and O–H groups in total. The second kappa shape index (κ2) is 12.2. The minimum absolute atomic E-state index is 0.218. The zero-order valence-corrected chi connectivity index (χ0v) is 24.9. The Morgan fingerprint density at radius 3 is 1.22 bits per heavy atom. The first-order chi connectivity index (χ1) is 19.5. The Kier molecular flexibility index (Phi) is 8.85. The predicted octanol–water partition coefficient (Wildman–Crippen LogP) is 6.81. The molecule has 8 heteroatoms. The highest BCUT2D eigenvalue weighted by Gasteiger charge is 2.39. The lowest BCUT2D eigenvalue weighted by Gasteiger charge is -2.37. The zero-order chi connectivity index (χ0) is 29.7. The largest absolute Gasteiger partial charge is 0.382 e. The molecular formula is C33H32O6S2. The van der Waals surface area contributed by atoms with Crippen LogP contribution in [0.15, 0.2) is 109 Å². The van der Waals surface area contributed by atoms with E-state index in [1.54, 1.807) is 24.3 Å². The van der Waals surface area contributed by atoms with Crippen LogP contribution in [0.2, 0.25) is 0 Å². The molecule has 41 heavy (non-hydrogen) atoms. The molecule has 0 amide bonds. The first-order valence-corrected chi connectivity index (χ1v) is 16.6. The fourth-order valence-corrected chi connectivity index (χ4v) is 5.99. The van der Waals surface area contributed by atoms with E-state index < -0.39 is 25.7 Å². The predicted molar refractivity (Wildman–Crippen MR) is 165 cm³/mol. The van der Waals surface area contributed by atoms with E-state index in [0.29, 0.717) is 11.1 Å². The summed E-state index contributed by atoms with van der Waals surface area (Å²) in [6.07, 6.45) is 9.28. The van der Waals surface area contributed by atoms with Gasteiger partial charge in [-0.2, -0.15) is 16.8 Å². The Morgan fingerprint density at radius 1 is 0.537 bits per heavy atom. The van der Waals surface area contributed by atoms with Gasteiger partial charge in [-0.25, -0.2) is 0 Å². The Hall–Kier alpha value is -4.14. The Balaban J connectivity index is 2.14. The maximum atomic E-state index is 12.0. The van der Waals surface area contributed by atoms with Crippen molar-refractivity contribution in [3.63, 3.8) is 0 Å². The minimum Gasteiger partial charge on any atom is -0.382 e. The summed E-state index contributed by atoms with van der Waals surface area (Å²) in [6, 6.07) is 30.8. The highest BCUT2D eigenvalue weighted by molar-refractivity contribution is 7.86. The Bertz CT molecular complexity index is 1660. The number of benzene rings is 4. The van der Waals surface area contributed by atoms with Gasteiger partial charge >= 0.3 is 20.2 Å². The lowest BCUT2D eigenvalue weighted by Crippen LogP contribution is -2.31. The van der Waals surface area contributed by atoms with Gasteiger partial charge in [-0.3, -0.25) is 0 Å². The van der Waals surface area contributed by atoms with Crippen molar-refractivity contribution >= 4 is 32.4 Å². The number of hydrogen-bond acceptors (Lipinski definition) is 6. The van der Waals surface area contributed by atoms with E-state index in [-0.39, 0.29) is 11.5 Å². The van der Waals surface area contributed by atoms with Gasteiger partial charge in [0, 0.05) is 11.1 Å². The third-order valence-electron chi connectivity index (χ3n) is 6.47. The SMILES string of the molecule is CC=Cc1cc(C(c2ccccc2)(c2ccccc2)c2ccc(OS(C)(=O)=O)c(C=CC)c2)ccc1OS(C)(=O)=O. The Morgan fingerprint density at radius 2 is 0.902 bits per heavy atom. The van der Waals surface area contributed by atoms with Gasteiger partial charge in [0.25, 0.3) is 0 Å². The molecule has 0 aliphatic rings. The molecule has 0 radical (unpaired) electrons. The third kappa shape index (κ3) is 6.78. The molecule has 0 aliphatic heterocycles. The number of rotatable bonds is 10. The second-order valence-corrected chi connectivity index (χ2v) is 12.7. The van der Waals surface area contributed by atoms with Gasteiger partial charge in [-0.1, -0.05) is 97.1 Å². The van der Waals surface area contributed by atoms with Gasteiger partial charge in [0.2, 0.25) is 0 Å². The summed E-state index contributed by atoms with van der Waals surface area (Å²) in [5.74, 6) is 0.437. The molecule has 0 spiro atoms. The van der Waals surface area contributed by atoms with Gasteiger partial charge in [0.1, 0.15) is 11.5 Å². The van der Waals surface area contributed by atoms with E-state index in [1.807, 2.05) is 111 Å².